The van der Waals surface area contributed by atoms with Crippen LogP contribution in [0.25, 0.3) is 0 Å². The van der Waals surface area contributed by atoms with Gasteiger partial charge in [0.15, 0.2) is 5.13 Å². The lowest BCUT2D eigenvalue weighted by Crippen LogP contribution is -1.97. The molecule has 0 aliphatic carbocycles. The zero-order chi connectivity index (χ0) is 12.3. The average molecular weight is 289 g/mol. The van der Waals surface area contributed by atoms with Crippen molar-refractivity contribution in [1.82, 2.24) is 4.98 Å². The molecule has 0 amide bonds. The molecule has 2 aromatic heterocycles. The number of carbonyl (C=O) groups is 1. The number of ether oxygens (including phenoxy) is 1. The number of carbonyl (C=O) groups excluding carboxylic acids is 1. The summed E-state index contributed by atoms with van der Waals surface area (Å²) >= 11 is 8.60. The van der Waals surface area contributed by atoms with E-state index in [1.54, 1.807) is 0 Å². The molecule has 0 bridgehead atoms. The Balaban J connectivity index is 1.95. The molecule has 90 valence electrons. The Morgan fingerprint density at radius 3 is 3.00 bits per heavy atom. The fourth-order valence-corrected chi connectivity index (χ4v) is 2.92. The maximum absolute atomic E-state index is 11.2. The minimum atomic E-state index is -0.366. The van der Waals surface area contributed by atoms with Crippen LogP contribution >= 0.6 is 34.3 Å². The smallest absolute Gasteiger partial charge is 0.349 e. The van der Waals surface area contributed by atoms with Gasteiger partial charge >= 0.3 is 5.97 Å². The summed E-state index contributed by atoms with van der Waals surface area (Å²) in [5.41, 5.74) is 0. The molecule has 17 heavy (non-hydrogen) atoms. The third kappa shape index (κ3) is 3.18. The molecule has 0 saturated heterocycles. The van der Waals surface area contributed by atoms with Crippen molar-refractivity contribution in [3.05, 3.63) is 32.4 Å². The van der Waals surface area contributed by atoms with Gasteiger partial charge in [-0.1, -0.05) is 22.9 Å². The Bertz CT molecular complexity index is 524. The summed E-state index contributed by atoms with van der Waals surface area (Å²) in [6, 6.07) is 3.81. The summed E-state index contributed by atoms with van der Waals surface area (Å²) in [5.74, 6) is -0.366. The Morgan fingerprint density at radius 2 is 2.35 bits per heavy atom. The van der Waals surface area contributed by atoms with Crippen molar-refractivity contribution >= 4 is 45.4 Å². The van der Waals surface area contributed by atoms with E-state index >= 15 is 0 Å². The minimum absolute atomic E-state index is 0.366. The normalized spacial score (nSPS) is 10.2. The molecule has 0 unspecified atom stereocenters. The standard InChI is InChI=1S/C10H9ClN2O2S2/c1-15-9(14)7-5-13-10(17-7)12-4-6-2-3-8(11)16-6/h2-3,5H,4H2,1H3,(H,12,13). The maximum atomic E-state index is 11.2. The molecule has 2 rings (SSSR count). The van der Waals surface area contributed by atoms with E-state index in [0.717, 1.165) is 9.21 Å². The average Bonchev–Trinajstić information content (AvgIpc) is 2.94. The number of methoxy groups -OCH3 is 1. The molecule has 0 aliphatic rings. The molecule has 0 atom stereocenters. The van der Waals surface area contributed by atoms with E-state index < -0.39 is 0 Å². The lowest BCUT2D eigenvalue weighted by atomic mass is 10.5. The van der Waals surface area contributed by atoms with Crippen molar-refractivity contribution in [2.45, 2.75) is 6.54 Å². The Labute approximate surface area is 111 Å². The fraction of sp³-hybridized carbons (Fsp3) is 0.200. The van der Waals surface area contributed by atoms with Crippen LogP contribution in [0.2, 0.25) is 4.34 Å². The first-order chi connectivity index (χ1) is 8.19. The highest BCUT2D eigenvalue weighted by atomic mass is 35.5. The summed E-state index contributed by atoms with van der Waals surface area (Å²) in [6.07, 6.45) is 1.50. The number of halogens is 1. The largest absolute Gasteiger partial charge is 0.465 e. The molecular weight excluding hydrogens is 280 g/mol. The maximum Gasteiger partial charge on any atom is 0.349 e. The summed E-state index contributed by atoms with van der Waals surface area (Å²) < 4.78 is 5.36. The third-order valence-electron chi connectivity index (χ3n) is 1.93. The molecule has 0 aromatic carbocycles. The number of thiazole rings is 1. The van der Waals surface area contributed by atoms with Crippen LogP contribution in [0.5, 0.6) is 0 Å². The van der Waals surface area contributed by atoms with Gasteiger partial charge in [-0.25, -0.2) is 9.78 Å². The van der Waals surface area contributed by atoms with E-state index in [0.29, 0.717) is 16.6 Å². The van der Waals surface area contributed by atoms with Crippen molar-refractivity contribution < 1.29 is 9.53 Å². The second kappa shape index (κ2) is 5.48. The summed E-state index contributed by atoms with van der Waals surface area (Å²) in [5, 5.41) is 3.81. The van der Waals surface area contributed by atoms with E-state index in [2.05, 4.69) is 15.0 Å². The lowest BCUT2D eigenvalue weighted by molar-refractivity contribution is 0.0606. The fourth-order valence-electron chi connectivity index (χ4n) is 1.16. The molecular formula is C10H9ClN2O2S2. The number of hydrogen-bond donors (Lipinski definition) is 1. The highest BCUT2D eigenvalue weighted by Crippen LogP contribution is 2.24. The first kappa shape index (κ1) is 12.3. The van der Waals surface area contributed by atoms with Gasteiger partial charge in [0.05, 0.1) is 24.2 Å². The molecule has 0 saturated carbocycles. The molecule has 0 fully saturated rings. The van der Waals surface area contributed by atoms with E-state index in [1.165, 1.54) is 36.0 Å². The minimum Gasteiger partial charge on any atom is -0.465 e. The molecule has 4 nitrogen and oxygen atoms in total. The number of hydrogen-bond acceptors (Lipinski definition) is 6. The van der Waals surface area contributed by atoms with E-state index in [4.69, 9.17) is 11.6 Å². The predicted molar refractivity (Wildman–Crippen MR) is 70.1 cm³/mol. The van der Waals surface area contributed by atoms with Gasteiger partial charge in [0.25, 0.3) is 0 Å². The van der Waals surface area contributed by atoms with Crippen molar-refractivity contribution in [2.24, 2.45) is 0 Å². The van der Waals surface area contributed by atoms with Crippen molar-refractivity contribution in [3.63, 3.8) is 0 Å². The number of rotatable bonds is 4. The van der Waals surface area contributed by atoms with Gasteiger partial charge in [-0.2, -0.15) is 0 Å². The van der Waals surface area contributed by atoms with Gasteiger partial charge < -0.3 is 10.1 Å². The molecule has 2 aromatic rings. The quantitative estimate of drug-likeness (QED) is 0.878. The van der Waals surface area contributed by atoms with Gasteiger partial charge in [0.2, 0.25) is 0 Å². The van der Waals surface area contributed by atoms with Crippen LogP contribution in [0.15, 0.2) is 18.3 Å². The van der Waals surface area contributed by atoms with E-state index in [1.807, 2.05) is 12.1 Å². The van der Waals surface area contributed by atoms with Crippen molar-refractivity contribution in [3.8, 4) is 0 Å². The summed E-state index contributed by atoms with van der Waals surface area (Å²) in [6.45, 7) is 0.644. The van der Waals surface area contributed by atoms with Gasteiger partial charge in [-0.15, -0.1) is 11.3 Å². The van der Waals surface area contributed by atoms with E-state index in [-0.39, 0.29) is 5.97 Å². The number of nitrogens with one attached hydrogen (secondary N) is 1. The highest BCUT2D eigenvalue weighted by Gasteiger charge is 2.10. The van der Waals surface area contributed by atoms with Gasteiger partial charge in [0, 0.05) is 4.88 Å². The van der Waals surface area contributed by atoms with Crippen LogP contribution in [0, 0.1) is 0 Å². The number of anilines is 1. The number of aromatic nitrogens is 1. The number of nitrogens with zero attached hydrogens (tertiary/aromatic N) is 1. The van der Waals surface area contributed by atoms with Gasteiger partial charge in [-0.05, 0) is 12.1 Å². The van der Waals surface area contributed by atoms with Crippen LogP contribution in [-0.4, -0.2) is 18.1 Å². The molecule has 0 aliphatic heterocycles. The van der Waals surface area contributed by atoms with Crippen LogP contribution in [-0.2, 0) is 11.3 Å². The van der Waals surface area contributed by atoms with Crippen molar-refractivity contribution in [2.75, 3.05) is 12.4 Å². The molecule has 0 spiro atoms. The van der Waals surface area contributed by atoms with Crippen LogP contribution in [0.1, 0.15) is 14.5 Å². The first-order valence-electron chi connectivity index (χ1n) is 4.71. The van der Waals surface area contributed by atoms with Crippen molar-refractivity contribution in [1.29, 1.82) is 0 Å². The van der Waals surface area contributed by atoms with Crippen LogP contribution in [0.3, 0.4) is 0 Å². The van der Waals surface area contributed by atoms with Crippen LogP contribution in [0.4, 0.5) is 5.13 Å². The molecule has 7 heteroatoms. The zero-order valence-electron chi connectivity index (χ0n) is 8.90. The van der Waals surface area contributed by atoms with E-state index in [9.17, 15) is 4.79 Å². The lowest BCUT2D eigenvalue weighted by Gasteiger charge is -1.98. The molecule has 2 heterocycles. The second-order valence-corrected chi connectivity index (χ2v) is 5.91. The third-order valence-corrected chi connectivity index (χ3v) is 4.10. The first-order valence-corrected chi connectivity index (χ1v) is 6.72. The van der Waals surface area contributed by atoms with Crippen LogP contribution < -0.4 is 5.32 Å². The SMILES string of the molecule is COC(=O)c1cnc(NCc2ccc(Cl)s2)s1. The monoisotopic (exact) mass is 288 g/mol. The number of esters is 1. The summed E-state index contributed by atoms with van der Waals surface area (Å²) in [4.78, 5) is 16.9. The Morgan fingerprint density at radius 1 is 1.53 bits per heavy atom. The Hall–Kier alpha value is -1.11. The zero-order valence-corrected chi connectivity index (χ0v) is 11.3. The van der Waals surface area contributed by atoms with Gasteiger partial charge in [-0.3, -0.25) is 0 Å². The predicted octanol–water partition coefficient (Wildman–Crippen LogP) is 3.26. The summed E-state index contributed by atoms with van der Waals surface area (Å²) in [7, 11) is 1.35. The molecule has 0 radical (unpaired) electrons. The number of thiophene rings is 1. The topological polar surface area (TPSA) is 51.2 Å². The Kier molecular flexibility index (Phi) is 3.98. The highest BCUT2D eigenvalue weighted by molar-refractivity contribution is 7.17. The van der Waals surface area contributed by atoms with Gasteiger partial charge in [0.1, 0.15) is 4.88 Å². The second-order valence-electron chi connectivity index (χ2n) is 3.08. The molecule has 1 N–H and O–H groups in total.